The molecule has 5 nitrogen and oxygen atoms in total. The molecule has 0 aliphatic carbocycles. The number of thiophene rings is 1. The highest BCUT2D eigenvalue weighted by atomic mass is 32.1. The average molecular weight is 359 g/mol. The Balaban J connectivity index is 1.69. The second-order valence-corrected chi connectivity index (χ2v) is 6.98. The summed E-state index contributed by atoms with van der Waals surface area (Å²) in [4.78, 5) is 37.1. The van der Waals surface area contributed by atoms with Gasteiger partial charge in [-0.3, -0.25) is 14.4 Å². The van der Waals surface area contributed by atoms with Gasteiger partial charge in [-0.1, -0.05) is 30.3 Å². The van der Waals surface area contributed by atoms with Crippen molar-refractivity contribution in [1.29, 1.82) is 0 Å². The summed E-state index contributed by atoms with van der Waals surface area (Å²) in [6.45, 7) is 3.43. The zero-order valence-electron chi connectivity index (χ0n) is 14.3. The third-order valence-corrected chi connectivity index (χ3v) is 4.65. The van der Waals surface area contributed by atoms with E-state index >= 15 is 0 Å². The van der Waals surface area contributed by atoms with E-state index in [1.54, 1.807) is 6.07 Å². The first-order valence-electron chi connectivity index (χ1n) is 8.05. The molecular formula is C19H21NO4S. The Morgan fingerprint density at radius 2 is 1.80 bits per heavy atom. The van der Waals surface area contributed by atoms with Gasteiger partial charge in [0, 0.05) is 11.3 Å². The number of rotatable bonds is 8. The number of carbonyl (C=O) groups excluding carboxylic acids is 3. The van der Waals surface area contributed by atoms with E-state index in [9.17, 15) is 14.4 Å². The molecule has 0 fully saturated rings. The molecule has 1 aromatic carbocycles. The number of hydrogen-bond acceptors (Lipinski definition) is 5. The SMILES string of the molecule is Cc1ccc(C(=O)CCC(=O)OCC(=O)N[C@H](C)c2ccccc2)s1. The highest BCUT2D eigenvalue weighted by molar-refractivity contribution is 7.14. The van der Waals surface area contributed by atoms with E-state index in [1.165, 1.54) is 11.3 Å². The van der Waals surface area contributed by atoms with Crippen LogP contribution in [0.25, 0.3) is 0 Å². The van der Waals surface area contributed by atoms with Gasteiger partial charge in [0.25, 0.3) is 5.91 Å². The largest absolute Gasteiger partial charge is 0.456 e. The van der Waals surface area contributed by atoms with Gasteiger partial charge in [-0.15, -0.1) is 11.3 Å². The van der Waals surface area contributed by atoms with E-state index in [1.807, 2.05) is 50.2 Å². The first kappa shape index (κ1) is 18.9. The Morgan fingerprint density at radius 1 is 1.08 bits per heavy atom. The van der Waals surface area contributed by atoms with Gasteiger partial charge >= 0.3 is 5.97 Å². The van der Waals surface area contributed by atoms with E-state index in [0.717, 1.165) is 10.4 Å². The first-order chi connectivity index (χ1) is 12.0. The molecule has 0 bridgehead atoms. The number of Topliss-reactive ketones (excluding diaryl/α,β-unsaturated/α-hetero) is 1. The van der Waals surface area contributed by atoms with Crippen LogP contribution in [0.3, 0.4) is 0 Å². The second-order valence-electron chi connectivity index (χ2n) is 5.69. The summed E-state index contributed by atoms with van der Waals surface area (Å²) < 4.78 is 4.93. The summed E-state index contributed by atoms with van der Waals surface area (Å²) in [5.41, 5.74) is 0.971. The molecular weight excluding hydrogens is 338 g/mol. The number of amides is 1. The molecule has 1 heterocycles. The first-order valence-corrected chi connectivity index (χ1v) is 8.87. The third kappa shape index (κ3) is 6.15. The quantitative estimate of drug-likeness (QED) is 0.579. The van der Waals surface area contributed by atoms with Gasteiger partial charge in [-0.2, -0.15) is 0 Å². The molecule has 0 saturated carbocycles. The molecule has 1 amide bonds. The van der Waals surface area contributed by atoms with Crippen LogP contribution in [-0.4, -0.2) is 24.3 Å². The summed E-state index contributed by atoms with van der Waals surface area (Å²) in [5, 5.41) is 2.76. The highest BCUT2D eigenvalue weighted by Gasteiger charge is 2.14. The molecule has 1 N–H and O–H groups in total. The Bertz CT molecular complexity index is 739. The summed E-state index contributed by atoms with van der Waals surface area (Å²) in [6, 6.07) is 13.0. The van der Waals surface area contributed by atoms with E-state index in [2.05, 4.69) is 5.32 Å². The zero-order valence-corrected chi connectivity index (χ0v) is 15.1. The van der Waals surface area contributed by atoms with Crippen LogP contribution in [0.5, 0.6) is 0 Å². The van der Waals surface area contributed by atoms with Gasteiger partial charge in [0.2, 0.25) is 0 Å². The Labute approximate surface area is 151 Å². The molecule has 2 rings (SSSR count). The molecule has 0 aliphatic heterocycles. The molecule has 0 aliphatic rings. The van der Waals surface area contributed by atoms with E-state index in [0.29, 0.717) is 4.88 Å². The number of hydrogen-bond donors (Lipinski definition) is 1. The number of ketones is 1. The summed E-state index contributed by atoms with van der Waals surface area (Å²) in [7, 11) is 0. The van der Waals surface area contributed by atoms with Crippen molar-refractivity contribution in [3.63, 3.8) is 0 Å². The van der Waals surface area contributed by atoms with Crippen LogP contribution in [0.2, 0.25) is 0 Å². The molecule has 2 aromatic rings. The van der Waals surface area contributed by atoms with E-state index in [-0.39, 0.29) is 37.2 Å². The molecule has 0 unspecified atom stereocenters. The molecule has 6 heteroatoms. The minimum atomic E-state index is -0.552. The summed E-state index contributed by atoms with van der Waals surface area (Å²) in [6.07, 6.45) is 0.0537. The van der Waals surface area contributed by atoms with Crippen LogP contribution < -0.4 is 5.32 Å². The minimum absolute atomic E-state index is 0.0305. The molecule has 25 heavy (non-hydrogen) atoms. The Morgan fingerprint density at radius 3 is 2.44 bits per heavy atom. The average Bonchev–Trinajstić information content (AvgIpc) is 3.05. The van der Waals surface area contributed by atoms with Crippen LogP contribution >= 0.6 is 11.3 Å². The maximum Gasteiger partial charge on any atom is 0.306 e. The number of nitrogens with one attached hydrogen (secondary N) is 1. The molecule has 0 saturated heterocycles. The Hall–Kier alpha value is -2.47. The fourth-order valence-corrected chi connectivity index (χ4v) is 3.08. The van der Waals surface area contributed by atoms with Crippen LogP contribution in [-0.2, 0) is 14.3 Å². The van der Waals surface area contributed by atoms with E-state index < -0.39 is 5.97 Å². The van der Waals surface area contributed by atoms with Crippen LogP contribution in [0.4, 0.5) is 0 Å². The normalized spacial score (nSPS) is 11.6. The van der Waals surface area contributed by atoms with Gasteiger partial charge < -0.3 is 10.1 Å². The van der Waals surface area contributed by atoms with Gasteiger partial charge in [-0.25, -0.2) is 0 Å². The second kappa shape index (κ2) is 9.13. The van der Waals surface area contributed by atoms with Gasteiger partial charge in [0.1, 0.15) is 0 Å². The van der Waals surface area contributed by atoms with Crippen molar-refractivity contribution in [3.05, 3.63) is 57.8 Å². The zero-order chi connectivity index (χ0) is 18.2. The number of aryl methyl sites for hydroxylation is 1. The molecule has 132 valence electrons. The van der Waals surface area contributed by atoms with Crippen molar-refractivity contribution in [1.82, 2.24) is 5.32 Å². The van der Waals surface area contributed by atoms with Crippen LogP contribution in [0.1, 0.15) is 45.9 Å². The van der Waals surface area contributed by atoms with Crippen molar-refractivity contribution in [3.8, 4) is 0 Å². The fourth-order valence-electron chi connectivity index (χ4n) is 2.25. The predicted molar refractivity (Wildman–Crippen MR) is 96.6 cm³/mol. The third-order valence-electron chi connectivity index (χ3n) is 3.61. The lowest BCUT2D eigenvalue weighted by Crippen LogP contribution is -2.31. The lowest BCUT2D eigenvalue weighted by atomic mass is 10.1. The standard InChI is InChI=1S/C19H21NO4S/c1-13-8-10-17(25-13)16(21)9-11-19(23)24-12-18(22)20-14(2)15-6-4-3-5-7-15/h3-8,10,14H,9,11-12H2,1-2H3,(H,20,22)/t14-/m1/s1. The lowest BCUT2D eigenvalue weighted by Gasteiger charge is -2.14. The topological polar surface area (TPSA) is 72.5 Å². The van der Waals surface area contributed by atoms with Gasteiger partial charge in [0.05, 0.1) is 17.3 Å². The van der Waals surface area contributed by atoms with Crippen molar-refractivity contribution in [2.24, 2.45) is 0 Å². The smallest absolute Gasteiger partial charge is 0.306 e. The number of ether oxygens (including phenoxy) is 1. The van der Waals surface area contributed by atoms with Crippen molar-refractivity contribution in [2.45, 2.75) is 32.7 Å². The van der Waals surface area contributed by atoms with Crippen molar-refractivity contribution in [2.75, 3.05) is 6.61 Å². The van der Waals surface area contributed by atoms with Gasteiger partial charge in [-0.05, 0) is 31.5 Å². The molecule has 0 spiro atoms. The highest BCUT2D eigenvalue weighted by Crippen LogP contribution is 2.17. The fraction of sp³-hybridized carbons (Fsp3) is 0.316. The molecule has 1 atom stereocenters. The maximum absolute atomic E-state index is 11.9. The Kier molecular flexibility index (Phi) is 6.89. The molecule has 1 aromatic heterocycles. The monoisotopic (exact) mass is 359 g/mol. The number of benzene rings is 1. The summed E-state index contributed by atoms with van der Waals surface area (Å²) >= 11 is 1.40. The molecule has 0 radical (unpaired) electrons. The van der Waals surface area contributed by atoms with E-state index in [4.69, 9.17) is 4.74 Å². The van der Waals surface area contributed by atoms with Crippen molar-refractivity contribution < 1.29 is 19.1 Å². The van der Waals surface area contributed by atoms with Gasteiger partial charge in [0.15, 0.2) is 12.4 Å². The minimum Gasteiger partial charge on any atom is -0.456 e. The lowest BCUT2D eigenvalue weighted by molar-refractivity contribution is -0.148. The predicted octanol–water partition coefficient (Wildman–Crippen LogP) is 3.44. The number of esters is 1. The van der Waals surface area contributed by atoms with Crippen molar-refractivity contribution >= 4 is 29.0 Å². The number of carbonyl (C=O) groups is 3. The summed E-state index contributed by atoms with van der Waals surface area (Å²) in [5.74, 6) is -1.01. The maximum atomic E-state index is 11.9. The van der Waals surface area contributed by atoms with Crippen LogP contribution in [0.15, 0.2) is 42.5 Å². The van der Waals surface area contributed by atoms with Crippen LogP contribution in [0, 0.1) is 6.92 Å².